The van der Waals surface area contributed by atoms with Crippen molar-refractivity contribution in [3.05, 3.63) is 60.2 Å². The molecule has 0 saturated heterocycles. The fourth-order valence-electron chi connectivity index (χ4n) is 1.79. The Labute approximate surface area is 101 Å². The van der Waals surface area contributed by atoms with Crippen LogP contribution < -0.4 is 0 Å². The fraction of sp³-hybridized carbons (Fsp3) is 0.200. The molecule has 0 aromatic heterocycles. The van der Waals surface area contributed by atoms with E-state index in [4.69, 9.17) is 10.2 Å². The normalized spacial score (nSPS) is 10.8. The maximum Gasteiger partial charge on any atom is 0.151 e. The maximum atomic E-state index is 8.80. The predicted octanol–water partition coefficient (Wildman–Crippen LogP) is 2.60. The van der Waals surface area contributed by atoms with Gasteiger partial charge in [0.05, 0.1) is 0 Å². The second-order valence-corrected chi connectivity index (χ2v) is 4.08. The molecule has 2 heteroatoms. The number of rotatable bonds is 4. The lowest BCUT2D eigenvalue weighted by molar-refractivity contribution is -0.0446. The summed E-state index contributed by atoms with van der Waals surface area (Å²) < 4.78 is 0. The van der Waals surface area contributed by atoms with Crippen molar-refractivity contribution in [2.45, 2.75) is 19.1 Å². The molecule has 2 aromatic rings. The summed E-state index contributed by atoms with van der Waals surface area (Å²) in [7, 11) is 0. The van der Waals surface area contributed by atoms with Crippen LogP contribution in [-0.2, 0) is 6.42 Å². The number of aliphatic hydroxyl groups excluding tert-OH is 1. The topological polar surface area (TPSA) is 40.5 Å². The summed E-state index contributed by atoms with van der Waals surface area (Å²) in [6.45, 7) is 0. The van der Waals surface area contributed by atoms with Crippen molar-refractivity contribution < 1.29 is 10.2 Å². The number of hydrogen-bond donors (Lipinski definition) is 2. The molecule has 0 spiro atoms. The van der Waals surface area contributed by atoms with Crippen molar-refractivity contribution in [2.24, 2.45) is 0 Å². The summed E-state index contributed by atoms with van der Waals surface area (Å²) in [6, 6.07) is 18.4. The van der Waals surface area contributed by atoms with Gasteiger partial charge in [-0.1, -0.05) is 54.6 Å². The molecule has 2 N–H and O–H groups in total. The van der Waals surface area contributed by atoms with Gasteiger partial charge in [-0.3, -0.25) is 0 Å². The van der Waals surface area contributed by atoms with Gasteiger partial charge in [0.2, 0.25) is 0 Å². The van der Waals surface area contributed by atoms with E-state index in [1.807, 2.05) is 30.3 Å². The minimum Gasteiger partial charge on any atom is -0.368 e. The first-order chi connectivity index (χ1) is 8.25. The van der Waals surface area contributed by atoms with Crippen molar-refractivity contribution in [2.75, 3.05) is 0 Å². The molecule has 2 rings (SSSR count). The van der Waals surface area contributed by atoms with Crippen molar-refractivity contribution in [1.29, 1.82) is 0 Å². The van der Waals surface area contributed by atoms with Crippen molar-refractivity contribution >= 4 is 0 Å². The minimum absolute atomic E-state index is 0.380. The lowest BCUT2D eigenvalue weighted by Gasteiger charge is -2.05. The van der Waals surface area contributed by atoms with Crippen LogP contribution in [0.15, 0.2) is 54.6 Å². The quantitative estimate of drug-likeness (QED) is 0.790. The highest BCUT2D eigenvalue weighted by molar-refractivity contribution is 5.63. The molecule has 0 atom stereocenters. The van der Waals surface area contributed by atoms with Gasteiger partial charge in [-0.05, 0) is 23.1 Å². The second kappa shape index (κ2) is 5.62. The summed E-state index contributed by atoms with van der Waals surface area (Å²) >= 11 is 0. The molecule has 0 bridgehead atoms. The van der Waals surface area contributed by atoms with Gasteiger partial charge < -0.3 is 10.2 Å². The van der Waals surface area contributed by atoms with Crippen molar-refractivity contribution in [1.82, 2.24) is 0 Å². The zero-order valence-electron chi connectivity index (χ0n) is 9.58. The summed E-state index contributed by atoms with van der Waals surface area (Å²) in [6.07, 6.45) is -0.152. The van der Waals surface area contributed by atoms with Gasteiger partial charge in [-0.2, -0.15) is 0 Å². The molecule has 0 fully saturated rings. The Morgan fingerprint density at radius 2 is 1.35 bits per heavy atom. The Morgan fingerprint density at radius 1 is 0.765 bits per heavy atom. The Bertz CT molecular complexity index is 446. The maximum absolute atomic E-state index is 8.80. The highest BCUT2D eigenvalue weighted by Crippen LogP contribution is 2.19. The van der Waals surface area contributed by atoms with E-state index in [9.17, 15) is 0 Å². The van der Waals surface area contributed by atoms with E-state index in [2.05, 4.69) is 24.3 Å². The van der Waals surface area contributed by atoms with Crippen molar-refractivity contribution in [3.63, 3.8) is 0 Å². The van der Waals surface area contributed by atoms with Gasteiger partial charge in [-0.25, -0.2) is 0 Å². The Hall–Kier alpha value is -1.64. The molecule has 0 aliphatic carbocycles. The molecule has 17 heavy (non-hydrogen) atoms. The standard InChI is InChI=1S/C15H16O2/c16-15(17)11-8-12-6-9-14(10-7-12)13-4-2-1-3-5-13/h1-7,9-10,15-17H,8,11H2. The van der Waals surface area contributed by atoms with Crippen LogP contribution in [-0.4, -0.2) is 16.5 Å². The van der Waals surface area contributed by atoms with E-state index in [0.717, 1.165) is 5.56 Å². The van der Waals surface area contributed by atoms with E-state index in [0.29, 0.717) is 12.8 Å². The Morgan fingerprint density at radius 3 is 1.94 bits per heavy atom. The van der Waals surface area contributed by atoms with E-state index < -0.39 is 6.29 Å². The summed E-state index contributed by atoms with van der Waals surface area (Å²) in [5, 5.41) is 17.6. The highest BCUT2D eigenvalue weighted by Gasteiger charge is 2.00. The molecule has 0 aliphatic heterocycles. The first-order valence-electron chi connectivity index (χ1n) is 5.76. The fourth-order valence-corrected chi connectivity index (χ4v) is 1.79. The first-order valence-corrected chi connectivity index (χ1v) is 5.76. The largest absolute Gasteiger partial charge is 0.368 e. The average Bonchev–Trinajstić information content (AvgIpc) is 2.38. The monoisotopic (exact) mass is 228 g/mol. The van der Waals surface area contributed by atoms with Crippen LogP contribution in [0.25, 0.3) is 11.1 Å². The van der Waals surface area contributed by atoms with E-state index in [1.165, 1.54) is 11.1 Å². The molecule has 0 aliphatic rings. The van der Waals surface area contributed by atoms with Gasteiger partial charge in [0, 0.05) is 6.42 Å². The van der Waals surface area contributed by atoms with E-state index in [1.54, 1.807) is 0 Å². The lowest BCUT2D eigenvalue weighted by atomic mass is 10.0. The van der Waals surface area contributed by atoms with Gasteiger partial charge in [0.15, 0.2) is 6.29 Å². The van der Waals surface area contributed by atoms with Crippen LogP contribution in [0.2, 0.25) is 0 Å². The molecule has 0 saturated carbocycles. The van der Waals surface area contributed by atoms with Crippen LogP contribution in [0.3, 0.4) is 0 Å². The van der Waals surface area contributed by atoms with Crippen LogP contribution in [0.4, 0.5) is 0 Å². The number of hydrogen-bond acceptors (Lipinski definition) is 2. The van der Waals surface area contributed by atoms with Gasteiger partial charge in [0.25, 0.3) is 0 Å². The molecule has 0 heterocycles. The molecule has 2 aromatic carbocycles. The van der Waals surface area contributed by atoms with Gasteiger partial charge in [0.1, 0.15) is 0 Å². The highest BCUT2D eigenvalue weighted by atomic mass is 16.5. The smallest absolute Gasteiger partial charge is 0.151 e. The first kappa shape index (κ1) is 11.8. The Kier molecular flexibility index (Phi) is 3.91. The number of benzene rings is 2. The molecular formula is C15H16O2. The summed E-state index contributed by atoms with van der Waals surface area (Å²) in [5.74, 6) is 0. The average molecular weight is 228 g/mol. The van der Waals surface area contributed by atoms with Crippen LogP contribution >= 0.6 is 0 Å². The minimum atomic E-state index is -1.22. The Balaban J connectivity index is 2.08. The van der Waals surface area contributed by atoms with E-state index in [-0.39, 0.29) is 0 Å². The summed E-state index contributed by atoms with van der Waals surface area (Å²) in [5.41, 5.74) is 3.50. The van der Waals surface area contributed by atoms with Crippen LogP contribution in [0.5, 0.6) is 0 Å². The zero-order chi connectivity index (χ0) is 12.1. The molecule has 0 unspecified atom stereocenters. The predicted molar refractivity (Wildman–Crippen MR) is 68.4 cm³/mol. The molecule has 0 radical (unpaired) electrons. The molecule has 2 nitrogen and oxygen atoms in total. The van der Waals surface area contributed by atoms with Crippen LogP contribution in [0.1, 0.15) is 12.0 Å². The molecule has 88 valence electrons. The number of aryl methyl sites for hydroxylation is 1. The third-order valence-electron chi connectivity index (χ3n) is 2.75. The van der Waals surface area contributed by atoms with Crippen molar-refractivity contribution in [3.8, 4) is 11.1 Å². The third kappa shape index (κ3) is 3.41. The van der Waals surface area contributed by atoms with Crippen LogP contribution in [0, 0.1) is 0 Å². The zero-order valence-corrected chi connectivity index (χ0v) is 9.58. The third-order valence-corrected chi connectivity index (χ3v) is 2.75. The molecule has 0 amide bonds. The van der Waals surface area contributed by atoms with Gasteiger partial charge >= 0.3 is 0 Å². The van der Waals surface area contributed by atoms with E-state index >= 15 is 0 Å². The number of aliphatic hydroxyl groups is 2. The SMILES string of the molecule is OC(O)CCc1ccc(-c2ccccc2)cc1. The lowest BCUT2D eigenvalue weighted by Crippen LogP contribution is -2.05. The van der Waals surface area contributed by atoms with Gasteiger partial charge in [-0.15, -0.1) is 0 Å². The summed E-state index contributed by atoms with van der Waals surface area (Å²) in [4.78, 5) is 0. The molecular weight excluding hydrogens is 212 g/mol. The second-order valence-electron chi connectivity index (χ2n) is 4.08.